The van der Waals surface area contributed by atoms with Crippen molar-refractivity contribution < 1.29 is 15.0 Å². The number of rotatable bonds is 3. The molecule has 5 heteroatoms. The molecule has 0 bridgehead atoms. The van der Waals surface area contributed by atoms with Crippen LogP contribution in [0, 0.1) is 0 Å². The van der Waals surface area contributed by atoms with Crippen LogP contribution in [0.3, 0.4) is 0 Å². The predicted octanol–water partition coefficient (Wildman–Crippen LogP) is 1.20. The Labute approximate surface area is 97.9 Å². The molecule has 2 aromatic rings. The van der Waals surface area contributed by atoms with E-state index in [9.17, 15) is 9.90 Å². The number of aromatic carboxylic acids is 1. The van der Waals surface area contributed by atoms with Crippen LogP contribution in [-0.4, -0.2) is 26.0 Å². The van der Waals surface area contributed by atoms with Crippen molar-refractivity contribution in [2.24, 2.45) is 7.05 Å². The molecule has 17 heavy (non-hydrogen) atoms. The fourth-order valence-electron chi connectivity index (χ4n) is 1.69. The highest BCUT2D eigenvalue weighted by Gasteiger charge is 2.18. The number of aliphatic hydroxyl groups is 1. The van der Waals surface area contributed by atoms with Gasteiger partial charge in [-0.05, 0) is 11.6 Å². The Kier molecular flexibility index (Phi) is 2.93. The topological polar surface area (TPSA) is 75.4 Å². The molecule has 0 aliphatic rings. The molecule has 2 N–H and O–H groups in total. The van der Waals surface area contributed by atoms with Crippen LogP contribution in [0.25, 0.3) is 0 Å². The number of carboxylic acids is 1. The zero-order chi connectivity index (χ0) is 12.4. The van der Waals surface area contributed by atoms with E-state index in [1.54, 1.807) is 36.1 Å². The summed E-state index contributed by atoms with van der Waals surface area (Å²) in [5.41, 5.74) is 1.04. The van der Waals surface area contributed by atoms with Crippen molar-refractivity contribution in [1.29, 1.82) is 0 Å². The zero-order valence-corrected chi connectivity index (χ0v) is 9.24. The van der Waals surface area contributed by atoms with Crippen molar-refractivity contribution in [2.45, 2.75) is 6.10 Å². The Morgan fingerprint density at radius 1 is 1.41 bits per heavy atom. The highest BCUT2D eigenvalue weighted by atomic mass is 16.4. The number of benzene rings is 1. The largest absolute Gasteiger partial charge is 0.478 e. The minimum Gasteiger partial charge on any atom is -0.478 e. The van der Waals surface area contributed by atoms with E-state index in [-0.39, 0.29) is 5.56 Å². The summed E-state index contributed by atoms with van der Waals surface area (Å²) >= 11 is 0. The Morgan fingerprint density at radius 3 is 2.71 bits per heavy atom. The van der Waals surface area contributed by atoms with Crippen LogP contribution in [0.15, 0.2) is 36.7 Å². The first-order valence-electron chi connectivity index (χ1n) is 5.08. The molecule has 0 aliphatic carbocycles. The quantitative estimate of drug-likeness (QED) is 0.833. The van der Waals surface area contributed by atoms with Crippen LogP contribution in [0.2, 0.25) is 0 Å². The van der Waals surface area contributed by atoms with E-state index < -0.39 is 12.1 Å². The zero-order valence-electron chi connectivity index (χ0n) is 9.24. The van der Waals surface area contributed by atoms with Gasteiger partial charge >= 0.3 is 5.97 Å². The smallest absolute Gasteiger partial charge is 0.336 e. The van der Waals surface area contributed by atoms with E-state index in [0.29, 0.717) is 11.1 Å². The van der Waals surface area contributed by atoms with E-state index in [1.165, 1.54) is 12.3 Å². The van der Waals surface area contributed by atoms with Gasteiger partial charge in [0, 0.05) is 18.8 Å². The first-order valence-corrected chi connectivity index (χ1v) is 5.08. The number of aromatic nitrogens is 2. The van der Waals surface area contributed by atoms with Gasteiger partial charge in [-0.2, -0.15) is 5.10 Å². The fourth-order valence-corrected chi connectivity index (χ4v) is 1.69. The van der Waals surface area contributed by atoms with Gasteiger partial charge in [0.2, 0.25) is 0 Å². The molecule has 0 fully saturated rings. The van der Waals surface area contributed by atoms with Crippen LogP contribution in [-0.2, 0) is 7.05 Å². The van der Waals surface area contributed by atoms with Gasteiger partial charge in [-0.15, -0.1) is 0 Å². The molecule has 5 nitrogen and oxygen atoms in total. The molecular formula is C12H12N2O3. The number of aryl methyl sites for hydroxylation is 1. The van der Waals surface area contributed by atoms with Crippen molar-refractivity contribution in [1.82, 2.24) is 9.78 Å². The Bertz CT molecular complexity index is 548. The lowest BCUT2D eigenvalue weighted by molar-refractivity contribution is 0.0691. The van der Waals surface area contributed by atoms with Gasteiger partial charge < -0.3 is 10.2 Å². The Morgan fingerprint density at radius 2 is 2.12 bits per heavy atom. The van der Waals surface area contributed by atoms with E-state index in [1.807, 2.05) is 0 Å². The van der Waals surface area contributed by atoms with Gasteiger partial charge in [-0.3, -0.25) is 4.68 Å². The molecule has 2 rings (SSSR count). The molecule has 1 unspecified atom stereocenters. The first-order chi connectivity index (χ1) is 8.09. The molecule has 0 spiro atoms. The van der Waals surface area contributed by atoms with Crippen molar-refractivity contribution in [3.05, 3.63) is 53.3 Å². The molecule has 0 radical (unpaired) electrons. The first kappa shape index (κ1) is 11.3. The molecule has 88 valence electrons. The average Bonchev–Trinajstić information content (AvgIpc) is 2.75. The van der Waals surface area contributed by atoms with E-state index in [4.69, 9.17) is 5.11 Å². The molecular weight excluding hydrogens is 220 g/mol. The van der Waals surface area contributed by atoms with Crippen LogP contribution >= 0.6 is 0 Å². The number of nitrogens with zero attached hydrogens (tertiary/aromatic N) is 2. The van der Waals surface area contributed by atoms with Gasteiger partial charge in [0.1, 0.15) is 6.10 Å². The number of hydrogen-bond acceptors (Lipinski definition) is 3. The highest BCUT2D eigenvalue weighted by molar-refractivity contribution is 5.89. The summed E-state index contributed by atoms with van der Waals surface area (Å²) < 4.78 is 1.56. The van der Waals surface area contributed by atoms with Gasteiger partial charge in [0.05, 0.1) is 11.8 Å². The Balaban J connectivity index is 2.43. The maximum Gasteiger partial charge on any atom is 0.336 e. The van der Waals surface area contributed by atoms with Gasteiger partial charge in [0.25, 0.3) is 0 Å². The normalized spacial score (nSPS) is 12.4. The summed E-state index contributed by atoms with van der Waals surface area (Å²) in [5.74, 6) is -1.05. The molecule has 0 saturated carbocycles. The fraction of sp³-hybridized carbons (Fsp3) is 0.167. The van der Waals surface area contributed by atoms with Crippen molar-refractivity contribution in [2.75, 3.05) is 0 Å². The van der Waals surface area contributed by atoms with E-state index in [0.717, 1.165) is 0 Å². The summed E-state index contributed by atoms with van der Waals surface area (Å²) in [6, 6.07) is 6.39. The molecule has 0 amide bonds. The SMILES string of the molecule is Cn1cc(C(O)c2ccccc2C(=O)O)cn1. The van der Waals surface area contributed by atoms with Crippen molar-refractivity contribution in [3.63, 3.8) is 0 Å². The van der Waals surface area contributed by atoms with Crippen molar-refractivity contribution >= 4 is 5.97 Å². The van der Waals surface area contributed by atoms with Crippen LogP contribution < -0.4 is 0 Å². The minimum absolute atomic E-state index is 0.101. The number of hydrogen-bond donors (Lipinski definition) is 2. The van der Waals surface area contributed by atoms with E-state index >= 15 is 0 Å². The summed E-state index contributed by atoms with van der Waals surface area (Å²) in [4.78, 5) is 11.0. The van der Waals surface area contributed by atoms with Crippen LogP contribution in [0.4, 0.5) is 0 Å². The van der Waals surface area contributed by atoms with Gasteiger partial charge in [0.15, 0.2) is 0 Å². The van der Waals surface area contributed by atoms with Gasteiger partial charge in [-0.1, -0.05) is 18.2 Å². The molecule has 1 atom stereocenters. The lowest BCUT2D eigenvalue weighted by Gasteiger charge is -2.11. The second-order valence-corrected chi connectivity index (χ2v) is 3.74. The molecule has 0 aliphatic heterocycles. The molecule has 1 aromatic carbocycles. The summed E-state index contributed by atoms with van der Waals surface area (Å²) in [6.07, 6.45) is 2.20. The van der Waals surface area contributed by atoms with Gasteiger partial charge in [-0.25, -0.2) is 4.79 Å². The third-order valence-corrected chi connectivity index (χ3v) is 2.53. The minimum atomic E-state index is -1.05. The third kappa shape index (κ3) is 2.19. The number of carboxylic acid groups (broad SMARTS) is 1. The number of carbonyl (C=O) groups is 1. The van der Waals surface area contributed by atoms with Crippen LogP contribution in [0.5, 0.6) is 0 Å². The number of aliphatic hydroxyl groups excluding tert-OH is 1. The standard InChI is InChI=1S/C12H12N2O3/c1-14-7-8(6-13-14)11(15)9-4-2-3-5-10(9)12(16)17/h2-7,11,15H,1H3,(H,16,17). The predicted molar refractivity (Wildman–Crippen MR) is 60.7 cm³/mol. The second kappa shape index (κ2) is 4.39. The lowest BCUT2D eigenvalue weighted by Crippen LogP contribution is -2.07. The summed E-state index contributed by atoms with van der Waals surface area (Å²) in [5, 5.41) is 23.1. The van der Waals surface area contributed by atoms with Crippen LogP contribution in [0.1, 0.15) is 27.6 Å². The lowest BCUT2D eigenvalue weighted by atomic mass is 9.99. The summed E-state index contributed by atoms with van der Waals surface area (Å²) in [7, 11) is 1.74. The maximum absolute atomic E-state index is 11.0. The van der Waals surface area contributed by atoms with Crippen molar-refractivity contribution in [3.8, 4) is 0 Å². The molecule has 1 heterocycles. The maximum atomic E-state index is 11.0. The second-order valence-electron chi connectivity index (χ2n) is 3.74. The highest BCUT2D eigenvalue weighted by Crippen LogP contribution is 2.24. The summed E-state index contributed by atoms with van der Waals surface area (Å²) in [6.45, 7) is 0. The van der Waals surface area contributed by atoms with E-state index in [2.05, 4.69) is 5.10 Å². The third-order valence-electron chi connectivity index (χ3n) is 2.53. The monoisotopic (exact) mass is 232 g/mol. The Hall–Kier alpha value is -2.14. The average molecular weight is 232 g/mol. The molecule has 0 saturated heterocycles. The molecule has 1 aromatic heterocycles.